The second-order valence-corrected chi connectivity index (χ2v) is 8.48. The van der Waals surface area contributed by atoms with E-state index in [9.17, 15) is 18.8 Å². The minimum absolute atomic E-state index is 0.0855. The van der Waals surface area contributed by atoms with Crippen molar-refractivity contribution in [2.45, 2.75) is 6.54 Å². The predicted molar refractivity (Wildman–Crippen MR) is 126 cm³/mol. The summed E-state index contributed by atoms with van der Waals surface area (Å²) < 4.78 is 19.0. The van der Waals surface area contributed by atoms with Crippen LogP contribution in [0, 0.1) is 5.82 Å². The molecule has 1 aromatic heterocycles. The maximum atomic E-state index is 13.1. The van der Waals surface area contributed by atoms with E-state index in [0.29, 0.717) is 27.2 Å². The maximum Gasteiger partial charge on any atom is 0.293 e. The molecule has 0 spiro atoms. The molecule has 7 heteroatoms. The zero-order valence-electron chi connectivity index (χ0n) is 17.2. The molecule has 3 aromatic carbocycles. The van der Waals surface area contributed by atoms with Gasteiger partial charge in [0.25, 0.3) is 11.1 Å². The molecule has 0 aliphatic carbocycles. The highest BCUT2D eigenvalue weighted by atomic mass is 32.2. The summed E-state index contributed by atoms with van der Waals surface area (Å²) in [4.78, 5) is 38.9. The molecule has 0 N–H and O–H groups in total. The molecule has 1 fully saturated rings. The average molecular weight is 457 g/mol. The largest absolute Gasteiger partial charge is 0.456 e. The molecule has 0 radical (unpaired) electrons. The number of hydrogen-bond acceptors (Lipinski definition) is 5. The molecular formula is C26H16FNO4S. The molecule has 0 atom stereocenters. The van der Waals surface area contributed by atoms with Crippen LogP contribution in [0.1, 0.15) is 11.1 Å². The molecule has 0 bridgehead atoms. The number of carbonyl (C=O) groups excluding carboxylic acids is 2. The summed E-state index contributed by atoms with van der Waals surface area (Å²) >= 11 is 0.868. The number of thioether (sulfide) groups is 1. The first-order valence-electron chi connectivity index (χ1n) is 10.1. The first-order valence-corrected chi connectivity index (χ1v) is 10.9. The number of nitrogens with zero attached hydrogens (tertiary/aromatic N) is 1. The highest BCUT2D eigenvalue weighted by Gasteiger charge is 2.34. The van der Waals surface area contributed by atoms with E-state index in [1.54, 1.807) is 66.7 Å². The predicted octanol–water partition coefficient (Wildman–Crippen LogP) is 5.84. The van der Waals surface area contributed by atoms with Crippen LogP contribution < -0.4 is 5.43 Å². The number of amides is 2. The highest BCUT2D eigenvalue weighted by molar-refractivity contribution is 8.18. The smallest absolute Gasteiger partial charge is 0.293 e. The van der Waals surface area contributed by atoms with Crippen molar-refractivity contribution in [3.8, 4) is 11.3 Å². The number of carbonyl (C=O) groups is 2. The van der Waals surface area contributed by atoms with Crippen LogP contribution in [0.25, 0.3) is 28.4 Å². The zero-order chi connectivity index (χ0) is 22.9. The number of hydrogen-bond donors (Lipinski definition) is 0. The third-order valence-electron chi connectivity index (χ3n) is 5.26. The standard InChI is InChI=1S/C26H16FNO4S/c27-19-11-7-17(8-12-19)15-28-25(30)24(33-26(28)31)13-16-5-9-18(10-6-16)23-14-21(29)20-3-1-2-4-22(20)32-23/h1-14H,15H2/b24-13+. The normalized spacial score (nSPS) is 15.1. The summed E-state index contributed by atoms with van der Waals surface area (Å²) in [7, 11) is 0. The van der Waals surface area contributed by atoms with Crippen LogP contribution in [0.15, 0.2) is 93.0 Å². The van der Waals surface area contributed by atoms with Gasteiger partial charge in [0.2, 0.25) is 0 Å². The number of rotatable bonds is 4. The Labute approximate surface area is 192 Å². The van der Waals surface area contributed by atoms with Gasteiger partial charge in [0, 0.05) is 11.6 Å². The van der Waals surface area contributed by atoms with Gasteiger partial charge in [0.15, 0.2) is 5.43 Å². The van der Waals surface area contributed by atoms with Crippen molar-refractivity contribution in [1.29, 1.82) is 0 Å². The highest BCUT2D eigenvalue weighted by Crippen LogP contribution is 2.33. The fraction of sp³-hybridized carbons (Fsp3) is 0.0385. The van der Waals surface area contributed by atoms with Gasteiger partial charge in [0.1, 0.15) is 17.2 Å². The van der Waals surface area contributed by atoms with Crippen LogP contribution in [0.2, 0.25) is 0 Å². The Morgan fingerprint density at radius 1 is 0.909 bits per heavy atom. The molecule has 162 valence electrons. The topological polar surface area (TPSA) is 67.6 Å². The Morgan fingerprint density at radius 3 is 2.39 bits per heavy atom. The van der Waals surface area contributed by atoms with Gasteiger partial charge in [-0.2, -0.15) is 0 Å². The lowest BCUT2D eigenvalue weighted by Gasteiger charge is -2.12. The van der Waals surface area contributed by atoms with E-state index in [0.717, 1.165) is 27.8 Å². The number of fused-ring (bicyclic) bond motifs is 1. The summed E-state index contributed by atoms with van der Waals surface area (Å²) in [5, 5.41) is 0.152. The Kier molecular flexibility index (Phi) is 5.40. The summed E-state index contributed by atoms with van der Waals surface area (Å²) in [5.41, 5.74) is 2.51. The van der Waals surface area contributed by atoms with E-state index in [1.807, 2.05) is 0 Å². The van der Waals surface area contributed by atoms with Crippen molar-refractivity contribution in [2.24, 2.45) is 0 Å². The lowest BCUT2D eigenvalue weighted by Crippen LogP contribution is -2.27. The third kappa shape index (κ3) is 4.23. The molecule has 2 amide bonds. The second-order valence-electron chi connectivity index (χ2n) is 7.49. The van der Waals surface area contributed by atoms with Gasteiger partial charge in [-0.3, -0.25) is 19.3 Å². The van der Waals surface area contributed by atoms with Crippen LogP contribution in [0.3, 0.4) is 0 Å². The van der Waals surface area contributed by atoms with Crippen molar-refractivity contribution < 1.29 is 18.4 Å². The van der Waals surface area contributed by atoms with E-state index >= 15 is 0 Å². The zero-order valence-corrected chi connectivity index (χ0v) is 18.0. The Hall–Kier alpha value is -3.97. The maximum absolute atomic E-state index is 13.1. The van der Waals surface area contributed by atoms with Crippen LogP contribution in [0.5, 0.6) is 0 Å². The van der Waals surface area contributed by atoms with Crippen LogP contribution in [-0.2, 0) is 11.3 Å². The summed E-state index contributed by atoms with van der Waals surface area (Å²) in [6.45, 7) is 0.0855. The second kappa shape index (κ2) is 8.52. The van der Waals surface area contributed by atoms with Gasteiger partial charge in [-0.15, -0.1) is 0 Å². The number of benzene rings is 3. The molecule has 2 heterocycles. The number of para-hydroxylation sites is 1. The molecular weight excluding hydrogens is 441 g/mol. The molecule has 0 saturated carbocycles. The monoisotopic (exact) mass is 457 g/mol. The summed E-state index contributed by atoms with van der Waals surface area (Å²) in [6, 6.07) is 21.4. The molecule has 1 aliphatic rings. The van der Waals surface area contributed by atoms with Crippen molar-refractivity contribution in [2.75, 3.05) is 0 Å². The molecule has 0 unspecified atom stereocenters. The number of halogens is 1. The summed E-state index contributed by atoms with van der Waals surface area (Å²) in [5.74, 6) is -0.317. The van der Waals surface area contributed by atoms with Gasteiger partial charge in [-0.05, 0) is 53.2 Å². The van der Waals surface area contributed by atoms with Gasteiger partial charge in [0.05, 0.1) is 16.8 Å². The van der Waals surface area contributed by atoms with Crippen molar-refractivity contribution in [1.82, 2.24) is 4.90 Å². The average Bonchev–Trinajstić information content (AvgIpc) is 3.08. The van der Waals surface area contributed by atoms with Gasteiger partial charge < -0.3 is 4.42 Å². The SMILES string of the molecule is O=C1S/C(=C/c2ccc(-c3cc(=O)c4ccccc4o3)cc2)C(=O)N1Cc1ccc(F)cc1. The fourth-order valence-corrected chi connectivity index (χ4v) is 4.39. The van der Waals surface area contributed by atoms with E-state index in [2.05, 4.69) is 0 Å². The van der Waals surface area contributed by atoms with Gasteiger partial charge in [-0.25, -0.2) is 4.39 Å². The lowest BCUT2D eigenvalue weighted by atomic mass is 10.1. The van der Waals surface area contributed by atoms with E-state index < -0.39 is 0 Å². The molecule has 5 rings (SSSR count). The fourth-order valence-electron chi connectivity index (χ4n) is 3.55. The Bertz CT molecular complexity index is 1470. The quantitative estimate of drug-likeness (QED) is 0.361. The van der Waals surface area contributed by atoms with Crippen LogP contribution in [0.4, 0.5) is 9.18 Å². The first kappa shape index (κ1) is 20.9. The van der Waals surface area contributed by atoms with E-state index in [1.165, 1.54) is 18.2 Å². The molecule has 1 saturated heterocycles. The Morgan fingerprint density at radius 2 is 1.64 bits per heavy atom. The number of imide groups is 1. The third-order valence-corrected chi connectivity index (χ3v) is 6.16. The summed E-state index contributed by atoms with van der Waals surface area (Å²) in [6.07, 6.45) is 1.65. The van der Waals surface area contributed by atoms with Crippen molar-refractivity contribution >= 4 is 40.0 Å². The van der Waals surface area contributed by atoms with Gasteiger partial charge >= 0.3 is 0 Å². The molecule has 5 nitrogen and oxygen atoms in total. The van der Waals surface area contributed by atoms with Gasteiger partial charge in [-0.1, -0.05) is 48.5 Å². The van der Waals surface area contributed by atoms with Crippen molar-refractivity contribution in [3.63, 3.8) is 0 Å². The van der Waals surface area contributed by atoms with E-state index in [-0.39, 0.29) is 28.9 Å². The molecule has 4 aromatic rings. The van der Waals surface area contributed by atoms with Crippen molar-refractivity contribution in [3.05, 3.63) is 111 Å². The van der Waals surface area contributed by atoms with E-state index in [4.69, 9.17) is 4.42 Å². The lowest BCUT2D eigenvalue weighted by molar-refractivity contribution is -0.123. The van der Waals surface area contributed by atoms with Crippen LogP contribution >= 0.6 is 11.8 Å². The molecule has 1 aliphatic heterocycles. The van der Waals surface area contributed by atoms with Crippen LogP contribution in [-0.4, -0.2) is 16.0 Å². The minimum atomic E-state index is -0.390. The molecule has 33 heavy (non-hydrogen) atoms. The minimum Gasteiger partial charge on any atom is -0.456 e. The first-order chi connectivity index (χ1) is 16.0. The Balaban J connectivity index is 1.37.